The van der Waals surface area contributed by atoms with Gasteiger partial charge in [0.25, 0.3) is 0 Å². The van der Waals surface area contributed by atoms with Crippen molar-refractivity contribution in [3.8, 4) is 5.69 Å². The van der Waals surface area contributed by atoms with E-state index in [-0.39, 0.29) is 5.82 Å². The summed E-state index contributed by atoms with van der Waals surface area (Å²) in [6, 6.07) is 8.27. The number of aromatic nitrogens is 2. The standard InChI is InChI=1S/C13H16FN3O/c1-18-8-6-15-10-12-5-7-17(16-12)13-4-2-3-11(14)9-13/h2-5,7,9,15H,6,8,10H2,1H3. The molecule has 0 aliphatic rings. The summed E-state index contributed by atoms with van der Waals surface area (Å²) in [6.07, 6.45) is 1.82. The van der Waals surface area contributed by atoms with Crippen LogP contribution in [0.3, 0.4) is 0 Å². The summed E-state index contributed by atoms with van der Waals surface area (Å²) in [5.41, 5.74) is 1.63. The minimum Gasteiger partial charge on any atom is -0.383 e. The summed E-state index contributed by atoms with van der Waals surface area (Å²) in [7, 11) is 1.67. The van der Waals surface area contributed by atoms with Crippen molar-refractivity contribution in [2.24, 2.45) is 0 Å². The van der Waals surface area contributed by atoms with Gasteiger partial charge < -0.3 is 10.1 Å². The molecule has 0 amide bonds. The van der Waals surface area contributed by atoms with Crippen molar-refractivity contribution >= 4 is 0 Å². The van der Waals surface area contributed by atoms with Gasteiger partial charge in [-0.25, -0.2) is 9.07 Å². The molecule has 1 aromatic carbocycles. The topological polar surface area (TPSA) is 39.1 Å². The second-order valence-corrected chi connectivity index (χ2v) is 3.90. The van der Waals surface area contributed by atoms with Crippen molar-refractivity contribution < 1.29 is 9.13 Å². The number of methoxy groups -OCH3 is 1. The first-order valence-corrected chi connectivity index (χ1v) is 5.80. The van der Waals surface area contributed by atoms with E-state index in [9.17, 15) is 4.39 Å². The van der Waals surface area contributed by atoms with Gasteiger partial charge in [0.1, 0.15) is 5.82 Å². The first-order valence-electron chi connectivity index (χ1n) is 5.80. The minimum atomic E-state index is -0.261. The molecule has 4 nitrogen and oxygen atoms in total. The van der Waals surface area contributed by atoms with Gasteiger partial charge in [-0.1, -0.05) is 6.07 Å². The zero-order chi connectivity index (χ0) is 12.8. The number of nitrogens with one attached hydrogen (secondary N) is 1. The molecule has 0 aliphatic heterocycles. The van der Waals surface area contributed by atoms with Gasteiger partial charge in [-0.2, -0.15) is 5.10 Å². The molecule has 0 radical (unpaired) electrons. The number of halogens is 1. The van der Waals surface area contributed by atoms with Crippen LogP contribution in [0.15, 0.2) is 36.5 Å². The third-order valence-electron chi connectivity index (χ3n) is 2.51. The fourth-order valence-corrected chi connectivity index (χ4v) is 1.61. The maximum Gasteiger partial charge on any atom is 0.125 e. The molecule has 0 atom stereocenters. The van der Waals surface area contributed by atoms with Gasteiger partial charge in [0.15, 0.2) is 0 Å². The molecule has 0 fully saturated rings. The van der Waals surface area contributed by atoms with Crippen LogP contribution < -0.4 is 5.32 Å². The number of nitrogens with zero attached hydrogens (tertiary/aromatic N) is 2. The van der Waals surface area contributed by atoms with Crippen molar-refractivity contribution in [3.05, 3.63) is 48.0 Å². The van der Waals surface area contributed by atoms with E-state index in [0.717, 1.165) is 17.9 Å². The van der Waals surface area contributed by atoms with E-state index in [1.165, 1.54) is 12.1 Å². The molecule has 1 heterocycles. The van der Waals surface area contributed by atoms with Gasteiger partial charge in [-0.3, -0.25) is 0 Å². The van der Waals surface area contributed by atoms with Crippen LogP contribution in [0.1, 0.15) is 5.69 Å². The highest BCUT2D eigenvalue weighted by atomic mass is 19.1. The molecule has 0 saturated heterocycles. The lowest BCUT2D eigenvalue weighted by molar-refractivity contribution is 0.199. The first kappa shape index (κ1) is 12.7. The molecule has 2 aromatic rings. The monoisotopic (exact) mass is 249 g/mol. The maximum absolute atomic E-state index is 13.1. The lowest BCUT2D eigenvalue weighted by atomic mass is 10.3. The van der Waals surface area contributed by atoms with Crippen molar-refractivity contribution in [2.75, 3.05) is 20.3 Å². The van der Waals surface area contributed by atoms with E-state index in [1.807, 2.05) is 18.3 Å². The number of benzene rings is 1. The summed E-state index contributed by atoms with van der Waals surface area (Å²) in [5.74, 6) is -0.261. The first-order chi connectivity index (χ1) is 8.79. The highest BCUT2D eigenvalue weighted by Crippen LogP contribution is 2.09. The second-order valence-electron chi connectivity index (χ2n) is 3.90. The summed E-state index contributed by atoms with van der Waals surface area (Å²) in [4.78, 5) is 0. The van der Waals surface area contributed by atoms with Crippen LogP contribution in [0.25, 0.3) is 5.69 Å². The normalized spacial score (nSPS) is 10.8. The van der Waals surface area contributed by atoms with Gasteiger partial charge in [0.05, 0.1) is 18.0 Å². The fraction of sp³-hybridized carbons (Fsp3) is 0.308. The highest BCUT2D eigenvalue weighted by molar-refractivity contribution is 5.31. The predicted molar refractivity (Wildman–Crippen MR) is 67.1 cm³/mol. The van der Waals surface area contributed by atoms with E-state index < -0.39 is 0 Å². The van der Waals surface area contributed by atoms with Crippen LogP contribution >= 0.6 is 0 Å². The molecule has 2 rings (SSSR count). The average Bonchev–Trinajstić information content (AvgIpc) is 2.83. The molecule has 0 aliphatic carbocycles. The molecule has 1 aromatic heterocycles. The summed E-state index contributed by atoms with van der Waals surface area (Å²) < 4.78 is 19.7. The Morgan fingerprint density at radius 2 is 2.28 bits per heavy atom. The van der Waals surface area contributed by atoms with Crippen LogP contribution in [0.5, 0.6) is 0 Å². The zero-order valence-electron chi connectivity index (χ0n) is 10.3. The molecule has 96 valence electrons. The maximum atomic E-state index is 13.1. The Morgan fingerprint density at radius 1 is 1.39 bits per heavy atom. The Hall–Kier alpha value is -1.72. The van der Waals surface area contributed by atoms with Crippen molar-refractivity contribution in [1.82, 2.24) is 15.1 Å². The predicted octanol–water partition coefficient (Wildman–Crippen LogP) is 1.75. The Kier molecular flexibility index (Phi) is 4.44. The van der Waals surface area contributed by atoms with Crippen LogP contribution in [0, 0.1) is 5.82 Å². The molecule has 0 unspecified atom stereocenters. The average molecular weight is 249 g/mol. The Bertz CT molecular complexity index is 498. The molecule has 0 spiro atoms. The smallest absolute Gasteiger partial charge is 0.125 e. The molecular weight excluding hydrogens is 233 g/mol. The molecule has 1 N–H and O–H groups in total. The quantitative estimate of drug-likeness (QED) is 0.793. The van der Waals surface area contributed by atoms with Gasteiger partial charge in [-0.15, -0.1) is 0 Å². The molecule has 0 saturated carbocycles. The summed E-state index contributed by atoms with van der Waals surface area (Å²) >= 11 is 0. The number of ether oxygens (including phenoxy) is 1. The molecule has 0 bridgehead atoms. The Balaban J connectivity index is 1.97. The van der Waals surface area contributed by atoms with E-state index in [2.05, 4.69) is 10.4 Å². The lowest BCUT2D eigenvalue weighted by Crippen LogP contribution is -2.18. The summed E-state index contributed by atoms with van der Waals surface area (Å²) in [6.45, 7) is 2.12. The summed E-state index contributed by atoms with van der Waals surface area (Å²) in [5, 5.41) is 7.57. The third kappa shape index (κ3) is 3.38. The number of hydrogen-bond donors (Lipinski definition) is 1. The van der Waals surface area contributed by atoms with E-state index in [4.69, 9.17) is 4.74 Å². The largest absolute Gasteiger partial charge is 0.383 e. The SMILES string of the molecule is COCCNCc1ccn(-c2cccc(F)c2)n1. The number of rotatable bonds is 6. The van der Waals surface area contributed by atoms with Crippen molar-refractivity contribution in [3.63, 3.8) is 0 Å². The minimum absolute atomic E-state index is 0.261. The van der Waals surface area contributed by atoms with Gasteiger partial charge in [0, 0.05) is 26.4 Å². The Labute approximate surface area is 105 Å². The zero-order valence-corrected chi connectivity index (χ0v) is 10.3. The fourth-order valence-electron chi connectivity index (χ4n) is 1.61. The molecular formula is C13H16FN3O. The van der Waals surface area contributed by atoms with Crippen LogP contribution in [0.2, 0.25) is 0 Å². The van der Waals surface area contributed by atoms with E-state index in [1.54, 1.807) is 17.9 Å². The third-order valence-corrected chi connectivity index (χ3v) is 2.51. The van der Waals surface area contributed by atoms with Crippen molar-refractivity contribution in [1.29, 1.82) is 0 Å². The van der Waals surface area contributed by atoms with Crippen LogP contribution in [-0.2, 0) is 11.3 Å². The van der Waals surface area contributed by atoms with Gasteiger partial charge in [0.2, 0.25) is 0 Å². The van der Waals surface area contributed by atoms with Crippen LogP contribution in [-0.4, -0.2) is 30.0 Å². The van der Waals surface area contributed by atoms with E-state index in [0.29, 0.717) is 13.2 Å². The Morgan fingerprint density at radius 3 is 3.06 bits per heavy atom. The van der Waals surface area contributed by atoms with E-state index >= 15 is 0 Å². The molecule has 18 heavy (non-hydrogen) atoms. The van der Waals surface area contributed by atoms with Crippen LogP contribution in [0.4, 0.5) is 4.39 Å². The molecule has 5 heteroatoms. The lowest BCUT2D eigenvalue weighted by Gasteiger charge is -2.02. The highest BCUT2D eigenvalue weighted by Gasteiger charge is 2.01. The second kappa shape index (κ2) is 6.28. The number of hydrogen-bond acceptors (Lipinski definition) is 3. The van der Waals surface area contributed by atoms with Crippen molar-refractivity contribution in [2.45, 2.75) is 6.54 Å². The van der Waals surface area contributed by atoms with Gasteiger partial charge in [-0.05, 0) is 24.3 Å². The van der Waals surface area contributed by atoms with Gasteiger partial charge >= 0.3 is 0 Å².